The Morgan fingerprint density at radius 2 is 1.82 bits per heavy atom. The van der Waals surface area contributed by atoms with Gasteiger partial charge in [0.25, 0.3) is 0 Å². The van der Waals surface area contributed by atoms with Crippen molar-refractivity contribution in [2.75, 3.05) is 13.6 Å². The predicted molar refractivity (Wildman–Crippen MR) is 75.1 cm³/mol. The summed E-state index contributed by atoms with van der Waals surface area (Å²) in [5.41, 5.74) is 0. The molecule has 1 aromatic rings. The van der Waals surface area contributed by atoms with E-state index in [1.54, 1.807) is 31.3 Å². The zero-order chi connectivity index (χ0) is 12.2. The van der Waals surface area contributed by atoms with Crippen LogP contribution in [-0.4, -0.2) is 28.1 Å². The highest BCUT2D eigenvalue weighted by molar-refractivity contribution is 9.10. The number of hydrogen-bond acceptors (Lipinski definition) is 3. The monoisotopic (exact) mass is 342 g/mol. The van der Waals surface area contributed by atoms with Crippen LogP contribution in [-0.2, 0) is 10.0 Å². The Morgan fingerprint density at radius 3 is 2.29 bits per heavy atom. The summed E-state index contributed by atoms with van der Waals surface area (Å²) >= 11 is 3.26. The standard InChI is InChI=1S/C10H15BrN2O2S.ClH/c1-8(12-2)7-13-16(14,15)10-5-3-9(11)4-6-10;/h3-6,8,12-13H,7H2,1-2H3;1H. The van der Waals surface area contributed by atoms with Gasteiger partial charge in [-0.05, 0) is 38.2 Å². The summed E-state index contributed by atoms with van der Waals surface area (Å²) in [6.07, 6.45) is 0. The first-order chi connectivity index (χ1) is 7.45. The van der Waals surface area contributed by atoms with Crippen LogP contribution in [0.25, 0.3) is 0 Å². The van der Waals surface area contributed by atoms with Crippen LogP contribution in [0.3, 0.4) is 0 Å². The molecule has 0 saturated carbocycles. The third-order valence-corrected chi connectivity index (χ3v) is 4.16. The van der Waals surface area contributed by atoms with E-state index in [2.05, 4.69) is 26.0 Å². The predicted octanol–water partition coefficient (Wildman–Crippen LogP) is 1.76. The Kier molecular flexibility index (Phi) is 7.27. The van der Waals surface area contributed by atoms with Gasteiger partial charge in [0.15, 0.2) is 0 Å². The summed E-state index contributed by atoms with van der Waals surface area (Å²) in [6, 6.07) is 6.64. The quantitative estimate of drug-likeness (QED) is 0.856. The van der Waals surface area contributed by atoms with Crippen molar-refractivity contribution in [1.29, 1.82) is 0 Å². The van der Waals surface area contributed by atoms with Gasteiger partial charge in [-0.25, -0.2) is 13.1 Å². The summed E-state index contributed by atoms with van der Waals surface area (Å²) in [7, 11) is -1.60. The van der Waals surface area contributed by atoms with E-state index in [0.29, 0.717) is 6.54 Å². The van der Waals surface area contributed by atoms with Crippen molar-refractivity contribution in [3.05, 3.63) is 28.7 Å². The van der Waals surface area contributed by atoms with Crippen LogP contribution in [0.5, 0.6) is 0 Å². The molecule has 0 aliphatic carbocycles. The van der Waals surface area contributed by atoms with Gasteiger partial charge in [0, 0.05) is 17.1 Å². The minimum absolute atomic E-state index is 0. The lowest BCUT2D eigenvalue weighted by molar-refractivity contribution is 0.554. The molecule has 0 saturated heterocycles. The SMILES string of the molecule is CNC(C)CNS(=O)(=O)c1ccc(Br)cc1.Cl. The molecular formula is C10H16BrClN2O2S. The minimum atomic E-state index is -3.39. The van der Waals surface area contributed by atoms with E-state index in [9.17, 15) is 8.42 Å². The lowest BCUT2D eigenvalue weighted by atomic mass is 10.4. The number of benzene rings is 1. The third-order valence-electron chi connectivity index (χ3n) is 2.20. The Morgan fingerprint density at radius 1 is 1.29 bits per heavy atom. The molecule has 0 radical (unpaired) electrons. The highest BCUT2D eigenvalue weighted by Gasteiger charge is 2.13. The average molecular weight is 344 g/mol. The van der Waals surface area contributed by atoms with E-state index in [0.717, 1.165) is 4.47 Å². The molecule has 1 atom stereocenters. The number of nitrogens with one attached hydrogen (secondary N) is 2. The molecular weight excluding hydrogens is 328 g/mol. The maximum absolute atomic E-state index is 11.8. The van der Waals surface area contributed by atoms with Gasteiger partial charge in [-0.15, -0.1) is 12.4 Å². The summed E-state index contributed by atoms with van der Waals surface area (Å²) in [5.74, 6) is 0. The number of sulfonamides is 1. The van der Waals surface area contributed by atoms with E-state index < -0.39 is 10.0 Å². The molecule has 0 aliphatic heterocycles. The van der Waals surface area contributed by atoms with E-state index in [4.69, 9.17) is 0 Å². The van der Waals surface area contributed by atoms with Crippen LogP contribution < -0.4 is 10.0 Å². The first-order valence-corrected chi connectivity index (χ1v) is 7.16. The zero-order valence-electron chi connectivity index (χ0n) is 9.60. The fourth-order valence-electron chi connectivity index (χ4n) is 1.03. The number of rotatable bonds is 5. The summed E-state index contributed by atoms with van der Waals surface area (Å²) in [4.78, 5) is 0.277. The van der Waals surface area contributed by atoms with Crippen molar-refractivity contribution in [3.63, 3.8) is 0 Å². The lowest BCUT2D eigenvalue weighted by Gasteiger charge is -2.11. The molecule has 98 valence electrons. The summed E-state index contributed by atoms with van der Waals surface area (Å²) in [6.45, 7) is 2.28. The smallest absolute Gasteiger partial charge is 0.240 e. The highest BCUT2D eigenvalue weighted by Crippen LogP contribution is 2.14. The topological polar surface area (TPSA) is 58.2 Å². The molecule has 17 heavy (non-hydrogen) atoms. The minimum Gasteiger partial charge on any atom is -0.316 e. The van der Waals surface area contributed by atoms with Crippen molar-refractivity contribution >= 4 is 38.4 Å². The van der Waals surface area contributed by atoms with Gasteiger partial charge >= 0.3 is 0 Å². The molecule has 0 aromatic heterocycles. The average Bonchev–Trinajstić information content (AvgIpc) is 2.26. The van der Waals surface area contributed by atoms with Gasteiger partial charge in [0.1, 0.15) is 0 Å². The third kappa shape index (κ3) is 5.35. The van der Waals surface area contributed by atoms with Gasteiger partial charge in [-0.1, -0.05) is 15.9 Å². The molecule has 0 bridgehead atoms. The molecule has 1 aromatic carbocycles. The van der Waals surface area contributed by atoms with Gasteiger partial charge in [-0.3, -0.25) is 0 Å². The molecule has 0 amide bonds. The Hall–Kier alpha value is -0.140. The molecule has 4 nitrogen and oxygen atoms in total. The molecule has 2 N–H and O–H groups in total. The Bertz CT molecular complexity index is 436. The second kappa shape index (κ2) is 7.33. The molecule has 1 unspecified atom stereocenters. The fourth-order valence-corrected chi connectivity index (χ4v) is 2.43. The van der Waals surface area contributed by atoms with Gasteiger partial charge in [0.2, 0.25) is 10.0 Å². The van der Waals surface area contributed by atoms with Crippen LogP contribution in [0.2, 0.25) is 0 Å². The van der Waals surface area contributed by atoms with Crippen LogP contribution in [0.1, 0.15) is 6.92 Å². The highest BCUT2D eigenvalue weighted by atomic mass is 79.9. The maximum Gasteiger partial charge on any atom is 0.240 e. The van der Waals surface area contributed by atoms with E-state index in [-0.39, 0.29) is 23.3 Å². The van der Waals surface area contributed by atoms with Crippen molar-refractivity contribution in [2.45, 2.75) is 17.9 Å². The van der Waals surface area contributed by atoms with E-state index in [1.807, 2.05) is 6.92 Å². The van der Waals surface area contributed by atoms with Crippen molar-refractivity contribution in [1.82, 2.24) is 10.0 Å². The normalized spacial score (nSPS) is 12.9. The fraction of sp³-hybridized carbons (Fsp3) is 0.400. The molecule has 7 heteroatoms. The maximum atomic E-state index is 11.8. The summed E-state index contributed by atoms with van der Waals surface area (Å²) < 4.78 is 27.0. The first-order valence-electron chi connectivity index (χ1n) is 4.88. The molecule has 0 fully saturated rings. The van der Waals surface area contributed by atoms with Crippen LogP contribution in [0.15, 0.2) is 33.6 Å². The van der Waals surface area contributed by atoms with Crippen molar-refractivity contribution in [3.8, 4) is 0 Å². The molecule has 0 spiro atoms. The van der Waals surface area contributed by atoms with Gasteiger partial charge in [0.05, 0.1) is 4.90 Å². The largest absolute Gasteiger partial charge is 0.316 e. The van der Waals surface area contributed by atoms with E-state index in [1.165, 1.54) is 0 Å². The van der Waals surface area contributed by atoms with Crippen LogP contribution in [0, 0.1) is 0 Å². The lowest BCUT2D eigenvalue weighted by Crippen LogP contribution is -2.37. The second-order valence-corrected chi connectivity index (χ2v) is 6.18. The van der Waals surface area contributed by atoms with Crippen LogP contribution >= 0.6 is 28.3 Å². The molecule has 0 aliphatic rings. The van der Waals surface area contributed by atoms with Gasteiger partial charge < -0.3 is 5.32 Å². The van der Waals surface area contributed by atoms with Crippen molar-refractivity contribution < 1.29 is 8.42 Å². The second-order valence-electron chi connectivity index (χ2n) is 3.50. The number of likely N-dealkylation sites (N-methyl/N-ethyl adjacent to an activating group) is 1. The molecule has 0 heterocycles. The van der Waals surface area contributed by atoms with E-state index >= 15 is 0 Å². The van der Waals surface area contributed by atoms with Crippen molar-refractivity contribution in [2.24, 2.45) is 0 Å². The zero-order valence-corrected chi connectivity index (χ0v) is 12.8. The van der Waals surface area contributed by atoms with Gasteiger partial charge in [-0.2, -0.15) is 0 Å². The summed E-state index contributed by atoms with van der Waals surface area (Å²) in [5, 5.41) is 2.96. The number of hydrogen-bond donors (Lipinski definition) is 2. The number of halogens is 2. The van der Waals surface area contributed by atoms with Crippen LogP contribution in [0.4, 0.5) is 0 Å². The first kappa shape index (κ1) is 16.9. The Labute approximate surface area is 117 Å². The molecule has 1 rings (SSSR count). The Balaban J connectivity index is 0.00000256.